The SMILES string of the molecule is CC(C)c1ccccc1C(=NP)N(C=N)c1cccc2ccccc12. The third-order valence-electron chi connectivity index (χ3n) is 4.33. The molecule has 3 rings (SSSR count). The first-order valence-electron chi connectivity index (χ1n) is 8.32. The molecule has 0 saturated carbocycles. The Labute approximate surface area is 151 Å². The first kappa shape index (κ1) is 17.3. The predicted molar refractivity (Wildman–Crippen MR) is 112 cm³/mol. The fourth-order valence-electron chi connectivity index (χ4n) is 3.13. The van der Waals surface area contributed by atoms with Gasteiger partial charge in [0.1, 0.15) is 5.84 Å². The van der Waals surface area contributed by atoms with Gasteiger partial charge < -0.3 is 0 Å². The van der Waals surface area contributed by atoms with E-state index >= 15 is 0 Å². The minimum absolute atomic E-state index is 0.373. The number of rotatable bonds is 4. The van der Waals surface area contributed by atoms with Crippen molar-refractivity contribution < 1.29 is 0 Å². The lowest BCUT2D eigenvalue weighted by molar-refractivity contribution is 0.863. The monoisotopic (exact) mass is 347 g/mol. The second kappa shape index (κ2) is 7.58. The molecule has 3 nitrogen and oxygen atoms in total. The van der Waals surface area contributed by atoms with Crippen LogP contribution in [0.15, 0.2) is 71.5 Å². The number of benzene rings is 3. The molecule has 0 aliphatic carbocycles. The van der Waals surface area contributed by atoms with Gasteiger partial charge in [0.2, 0.25) is 0 Å². The molecule has 0 amide bonds. The van der Waals surface area contributed by atoms with Crippen LogP contribution in [-0.4, -0.2) is 12.2 Å². The average molecular weight is 347 g/mol. The number of hydrogen-bond donors (Lipinski definition) is 1. The summed E-state index contributed by atoms with van der Waals surface area (Å²) >= 11 is 0. The molecule has 4 heteroatoms. The fraction of sp³-hybridized carbons (Fsp3) is 0.143. The molecule has 0 aliphatic rings. The van der Waals surface area contributed by atoms with E-state index in [1.165, 1.54) is 11.9 Å². The van der Waals surface area contributed by atoms with E-state index in [4.69, 9.17) is 5.41 Å². The predicted octanol–water partition coefficient (Wildman–Crippen LogP) is 5.61. The first-order chi connectivity index (χ1) is 12.2. The van der Waals surface area contributed by atoms with Gasteiger partial charge in [0, 0.05) is 10.9 Å². The summed E-state index contributed by atoms with van der Waals surface area (Å²) in [6, 6.07) is 22.6. The van der Waals surface area contributed by atoms with Gasteiger partial charge in [-0.2, -0.15) is 0 Å². The Balaban J connectivity index is 2.19. The van der Waals surface area contributed by atoms with Gasteiger partial charge in [-0.05, 0) is 32.3 Å². The molecule has 0 heterocycles. The molecule has 126 valence electrons. The van der Waals surface area contributed by atoms with Crippen LogP contribution in [-0.2, 0) is 0 Å². The minimum atomic E-state index is 0.373. The number of fused-ring (bicyclic) bond motifs is 1. The van der Waals surface area contributed by atoms with Crippen molar-refractivity contribution in [3.05, 3.63) is 77.9 Å². The third kappa shape index (κ3) is 3.33. The molecule has 0 spiro atoms. The normalized spacial score (nSPS) is 11.8. The van der Waals surface area contributed by atoms with Crippen molar-refractivity contribution in [3.63, 3.8) is 0 Å². The summed E-state index contributed by atoms with van der Waals surface area (Å²) in [6.07, 6.45) is 1.34. The zero-order chi connectivity index (χ0) is 17.8. The highest BCUT2D eigenvalue weighted by atomic mass is 31.0. The molecule has 3 aromatic rings. The largest absolute Gasteiger partial charge is 0.291 e. The Morgan fingerprint density at radius 2 is 1.68 bits per heavy atom. The van der Waals surface area contributed by atoms with Gasteiger partial charge in [-0.1, -0.05) is 74.5 Å². The molecule has 1 N–H and O–H groups in total. The maximum Gasteiger partial charge on any atom is 0.144 e. The van der Waals surface area contributed by atoms with Crippen molar-refractivity contribution in [2.75, 3.05) is 4.90 Å². The molecule has 3 aromatic carbocycles. The molecule has 0 fully saturated rings. The second-order valence-electron chi connectivity index (χ2n) is 6.19. The lowest BCUT2D eigenvalue weighted by Gasteiger charge is -2.25. The molecule has 0 aliphatic heterocycles. The highest BCUT2D eigenvalue weighted by molar-refractivity contribution is 7.15. The van der Waals surface area contributed by atoms with E-state index in [9.17, 15) is 0 Å². The molecular formula is C21H22N3P. The second-order valence-corrected chi connectivity index (χ2v) is 6.45. The van der Waals surface area contributed by atoms with Gasteiger partial charge in [-0.3, -0.25) is 10.3 Å². The summed E-state index contributed by atoms with van der Waals surface area (Å²) in [6.45, 7) is 4.35. The summed E-state index contributed by atoms with van der Waals surface area (Å²) in [5.74, 6) is 1.12. The van der Waals surface area contributed by atoms with Gasteiger partial charge in [0.05, 0.1) is 12.0 Å². The van der Waals surface area contributed by atoms with E-state index in [2.05, 4.69) is 58.3 Å². The maximum atomic E-state index is 8.04. The lowest BCUT2D eigenvalue weighted by atomic mass is 9.96. The standard InChI is InChI=1S/C21H22N3P/c1-15(2)17-10-5-6-12-19(17)21(23-25)24(14-22)20-13-7-9-16-8-3-4-11-18(16)20/h3-15,22H,25H2,1-2H3. The molecule has 0 saturated heterocycles. The zero-order valence-corrected chi connectivity index (χ0v) is 15.6. The van der Waals surface area contributed by atoms with Gasteiger partial charge in [-0.15, -0.1) is 0 Å². The van der Waals surface area contributed by atoms with E-state index in [0.717, 1.165) is 27.9 Å². The Hall–Kier alpha value is -2.51. The summed E-state index contributed by atoms with van der Waals surface area (Å²) in [5.41, 5.74) is 3.22. The van der Waals surface area contributed by atoms with Crippen molar-refractivity contribution in [1.82, 2.24) is 0 Å². The van der Waals surface area contributed by atoms with E-state index in [1.54, 1.807) is 0 Å². The van der Waals surface area contributed by atoms with Gasteiger partial charge in [0.15, 0.2) is 0 Å². The van der Waals surface area contributed by atoms with E-state index < -0.39 is 0 Å². The Morgan fingerprint density at radius 3 is 2.40 bits per heavy atom. The molecule has 1 atom stereocenters. The van der Waals surface area contributed by atoms with E-state index in [1.807, 2.05) is 41.3 Å². The van der Waals surface area contributed by atoms with Gasteiger partial charge >= 0.3 is 0 Å². The summed E-state index contributed by atoms with van der Waals surface area (Å²) < 4.78 is 4.46. The fourth-order valence-corrected chi connectivity index (χ4v) is 3.39. The average Bonchev–Trinajstić information content (AvgIpc) is 2.65. The van der Waals surface area contributed by atoms with E-state index in [-0.39, 0.29) is 0 Å². The molecule has 0 aromatic heterocycles. The van der Waals surface area contributed by atoms with Crippen molar-refractivity contribution in [2.45, 2.75) is 19.8 Å². The highest BCUT2D eigenvalue weighted by Crippen LogP contribution is 2.29. The number of nitrogens with zero attached hydrogens (tertiary/aromatic N) is 2. The molecule has 1 unspecified atom stereocenters. The molecule has 0 radical (unpaired) electrons. The third-order valence-corrected chi connectivity index (χ3v) is 4.57. The topological polar surface area (TPSA) is 39.5 Å². The first-order valence-corrected chi connectivity index (χ1v) is 8.83. The smallest absolute Gasteiger partial charge is 0.144 e. The van der Waals surface area contributed by atoms with Crippen molar-refractivity contribution >= 4 is 38.0 Å². The van der Waals surface area contributed by atoms with Crippen LogP contribution in [0.3, 0.4) is 0 Å². The van der Waals surface area contributed by atoms with Crippen LogP contribution in [0.25, 0.3) is 10.8 Å². The van der Waals surface area contributed by atoms with Gasteiger partial charge in [0.25, 0.3) is 0 Å². The Bertz CT molecular complexity index is 926. The van der Waals surface area contributed by atoms with Gasteiger partial charge in [-0.25, -0.2) is 4.76 Å². The molecule has 25 heavy (non-hydrogen) atoms. The van der Waals surface area contributed by atoms with Crippen LogP contribution in [0, 0.1) is 5.41 Å². The number of nitrogens with one attached hydrogen (secondary N) is 1. The molecule has 0 bridgehead atoms. The van der Waals surface area contributed by atoms with Crippen molar-refractivity contribution in [1.29, 1.82) is 5.41 Å². The number of amidine groups is 1. The summed E-state index contributed by atoms with van der Waals surface area (Å²) in [4.78, 5) is 1.84. The molecular weight excluding hydrogens is 325 g/mol. The van der Waals surface area contributed by atoms with Crippen LogP contribution in [0.4, 0.5) is 5.69 Å². The maximum absolute atomic E-state index is 8.04. The van der Waals surface area contributed by atoms with Crippen LogP contribution >= 0.6 is 9.39 Å². The summed E-state index contributed by atoms with van der Waals surface area (Å²) in [5, 5.41) is 10.3. The number of hydrogen-bond acceptors (Lipinski definition) is 2. The lowest BCUT2D eigenvalue weighted by Crippen LogP contribution is -2.30. The van der Waals surface area contributed by atoms with Crippen LogP contribution in [0.5, 0.6) is 0 Å². The Morgan fingerprint density at radius 1 is 1.00 bits per heavy atom. The van der Waals surface area contributed by atoms with Crippen LogP contribution < -0.4 is 4.90 Å². The zero-order valence-electron chi connectivity index (χ0n) is 14.5. The quantitative estimate of drug-likeness (QED) is 0.372. The van der Waals surface area contributed by atoms with E-state index in [0.29, 0.717) is 5.92 Å². The van der Waals surface area contributed by atoms with Crippen molar-refractivity contribution in [2.24, 2.45) is 4.76 Å². The summed E-state index contributed by atoms with van der Waals surface area (Å²) in [7, 11) is 2.45. The minimum Gasteiger partial charge on any atom is -0.291 e. The van der Waals surface area contributed by atoms with Crippen molar-refractivity contribution in [3.8, 4) is 0 Å². The highest BCUT2D eigenvalue weighted by Gasteiger charge is 2.19. The van der Waals surface area contributed by atoms with Crippen LogP contribution in [0.2, 0.25) is 0 Å². The van der Waals surface area contributed by atoms with Crippen LogP contribution in [0.1, 0.15) is 30.9 Å². The Kier molecular flexibility index (Phi) is 5.25. The number of anilines is 1.